The van der Waals surface area contributed by atoms with Crippen LogP contribution < -0.4 is 11.1 Å². The summed E-state index contributed by atoms with van der Waals surface area (Å²) in [7, 11) is -3.62. The first-order valence-electron chi connectivity index (χ1n) is 13.6. The molecule has 3 aromatic carbocycles. The number of aromatic nitrogens is 4. The SMILES string of the molecule is CC(C)C(=O)Nc1cncc(-c2ccc3[nH]nc(-c4cc5c(-c6cc(F)cc(C(N)S(C)(=O)=O)c6)cccc5[nH]4)c3c2)c1. The summed E-state index contributed by atoms with van der Waals surface area (Å²) in [6.07, 6.45) is 4.38. The number of carbonyl (C=O) groups is 1. The highest BCUT2D eigenvalue weighted by Gasteiger charge is 2.21. The fraction of sp³-hybridized carbons (Fsp3) is 0.156. The number of pyridine rings is 1. The lowest BCUT2D eigenvalue weighted by Crippen LogP contribution is -2.20. The first-order chi connectivity index (χ1) is 20.5. The van der Waals surface area contributed by atoms with E-state index in [1.54, 1.807) is 18.5 Å². The van der Waals surface area contributed by atoms with E-state index in [-0.39, 0.29) is 17.4 Å². The number of fused-ring (bicyclic) bond motifs is 2. The molecule has 218 valence electrons. The topological polar surface area (TPSA) is 147 Å². The number of sulfone groups is 1. The number of H-pyrrole nitrogens is 2. The molecule has 6 rings (SSSR count). The molecule has 3 aromatic heterocycles. The number of rotatable bonds is 7. The standard InChI is InChI=1S/C32H29FN6O3S/c1-17(2)32(40)36-23-12-21(15-35-16-23)18-7-8-28-26(13-18)30(39-38-28)29-14-25-24(5-4-6-27(25)37-29)19-9-20(11-22(33)10-19)31(34)43(3,41)42/h4-17,31,37H,34H2,1-3H3,(H,36,40)(H,38,39). The molecule has 1 unspecified atom stereocenters. The van der Waals surface area contributed by atoms with Gasteiger partial charge in [0.1, 0.15) is 16.9 Å². The summed E-state index contributed by atoms with van der Waals surface area (Å²) in [4.78, 5) is 19.9. The van der Waals surface area contributed by atoms with Crippen LogP contribution in [0.15, 0.2) is 79.1 Å². The summed E-state index contributed by atoms with van der Waals surface area (Å²) in [6.45, 7) is 3.66. The van der Waals surface area contributed by atoms with Crippen molar-refractivity contribution >= 4 is 43.2 Å². The van der Waals surface area contributed by atoms with Crippen molar-refractivity contribution in [3.63, 3.8) is 0 Å². The minimum atomic E-state index is -3.62. The summed E-state index contributed by atoms with van der Waals surface area (Å²) < 4.78 is 38.8. The number of halogens is 1. The number of benzene rings is 3. The van der Waals surface area contributed by atoms with Crippen LogP contribution in [0, 0.1) is 11.7 Å². The molecule has 0 aliphatic heterocycles. The van der Waals surface area contributed by atoms with Gasteiger partial charge in [0.25, 0.3) is 0 Å². The molecule has 0 spiro atoms. The number of hydrogen-bond acceptors (Lipinski definition) is 6. The zero-order valence-electron chi connectivity index (χ0n) is 23.6. The molecule has 0 bridgehead atoms. The van der Waals surface area contributed by atoms with E-state index >= 15 is 0 Å². The molecule has 0 saturated heterocycles. The van der Waals surface area contributed by atoms with Crippen molar-refractivity contribution in [3.8, 4) is 33.6 Å². The molecular weight excluding hydrogens is 567 g/mol. The molecule has 6 aromatic rings. The van der Waals surface area contributed by atoms with Gasteiger partial charge < -0.3 is 16.0 Å². The number of amides is 1. The van der Waals surface area contributed by atoms with E-state index in [0.29, 0.717) is 22.5 Å². The van der Waals surface area contributed by atoms with E-state index in [1.807, 2.05) is 62.4 Å². The Morgan fingerprint density at radius 2 is 1.74 bits per heavy atom. The van der Waals surface area contributed by atoms with Crippen molar-refractivity contribution in [1.82, 2.24) is 20.2 Å². The van der Waals surface area contributed by atoms with Crippen LogP contribution in [-0.4, -0.2) is 40.7 Å². The van der Waals surface area contributed by atoms with Crippen LogP contribution in [-0.2, 0) is 14.6 Å². The third-order valence-corrected chi connectivity index (χ3v) is 8.56. The lowest BCUT2D eigenvalue weighted by atomic mass is 9.99. The minimum Gasteiger partial charge on any atom is -0.353 e. The van der Waals surface area contributed by atoms with Gasteiger partial charge in [0.05, 0.1) is 23.1 Å². The molecule has 5 N–H and O–H groups in total. The zero-order valence-corrected chi connectivity index (χ0v) is 24.5. The molecule has 1 atom stereocenters. The summed E-state index contributed by atoms with van der Waals surface area (Å²) in [5.74, 6) is -0.816. The van der Waals surface area contributed by atoms with Crippen molar-refractivity contribution < 1.29 is 17.6 Å². The quantitative estimate of drug-likeness (QED) is 0.173. The molecule has 1 amide bonds. The molecule has 0 fully saturated rings. The maximum absolute atomic E-state index is 14.7. The number of nitrogens with zero attached hydrogens (tertiary/aromatic N) is 2. The second kappa shape index (κ2) is 10.8. The van der Waals surface area contributed by atoms with Crippen LogP contribution in [0.2, 0.25) is 0 Å². The number of anilines is 1. The molecule has 43 heavy (non-hydrogen) atoms. The van der Waals surface area contributed by atoms with Gasteiger partial charge >= 0.3 is 0 Å². The Morgan fingerprint density at radius 1 is 0.930 bits per heavy atom. The summed E-state index contributed by atoms with van der Waals surface area (Å²) in [5.41, 5.74) is 12.7. The summed E-state index contributed by atoms with van der Waals surface area (Å²) in [5, 5.41) is 10.9. The van der Waals surface area contributed by atoms with Gasteiger partial charge in [-0.2, -0.15) is 5.10 Å². The fourth-order valence-electron chi connectivity index (χ4n) is 5.07. The van der Waals surface area contributed by atoms with Crippen LogP contribution in [0.5, 0.6) is 0 Å². The highest BCUT2D eigenvalue weighted by Crippen LogP contribution is 2.36. The summed E-state index contributed by atoms with van der Waals surface area (Å²) in [6, 6.07) is 19.5. The van der Waals surface area contributed by atoms with Crippen LogP contribution in [0.3, 0.4) is 0 Å². The van der Waals surface area contributed by atoms with Gasteiger partial charge in [0.15, 0.2) is 9.84 Å². The molecule has 3 heterocycles. The lowest BCUT2D eigenvalue weighted by Gasteiger charge is -2.12. The Bertz CT molecular complexity index is 2130. The Labute approximate surface area is 247 Å². The molecular formula is C32H29FN6O3S. The zero-order chi connectivity index (χ0) is 30.5. The predicted molar refractivity (Wildman–Crippen MR) is 167 cm³/mol. The molecule has 9 nitrogen and oxygen atoms in total. The third-order valence-electron chi connectivity index (χ3n) is 7.37. The maximum atomic E-state index is 14.7. The van der Waals surface area contributed by atoms with Gasteiger partial charge in [0.2, 0.25) is 5.91 Å². The maximum Gasteiger partial charge on any atom is 0.226 e. The average Bonchev–Trinajstić information content (AvgIpc) is 3.59. The largest absolute Gasteiger partial charge is 0.353 e. The van der Waals surface area contributed by atoms with Gasteiger partial charge in [-0.3, -0.25) is 14.9 Å². The molecule has 0 aliphatic carbocycles. The number of hydrogen-bond donors (Lipinski definition) is 4. The number of carbonyl (C=O) groups excluding carboxylic acids is 1. The summed E-state index contributed by atoms with van der Waals surface area (Å²) >= 11 is 0. The predicted octanol–water partition coefficient (Wildman–Crippen LogP) is 6.18. The highest BCUT2D eigenvalue weighted by molar-refractivity contribution is 7.90. The van der Waals surface area contributed by atoms with E-state index in [2.05, 4.69) is 25.5 Å². The van der Waals surface area contributed by atoms with Crippen LogP contribution in [0.4, 0.5) is 10.1 Å². The van der Waals surface area contributed by atoms with E-state index in [9.17, 15) is 17.6 Å². The highest BCUT2D eigenvalue weighted by atomic mass is 32.2. The smallest absolute Gasteiger partial charge is 0.226 e. The second-order valence-corrected chi connectivity index (χ2v) is 13.1. The number of nitrogens with one attached hydrogen (secondary N) is 3. The van der Waals surface area contributed by atoms with Gasteiger partial charge in [0, 0.05) is 40.2 Å². The van der Waals surface area contributed by atoms with Crippen LogP contribution >= 0.6 is 0 Å². The van der Waals surface area contributed by atoms with E-state index in [1.165, 1.54) is 6.07 Å². The van der Waals surface area contributed by atoms with Crippen LogP contribution in [0.25, 0.3) is 55.4 Å². The van der Waals surface area contributed by atoms with Crippen molar-refractivity contribution in [2.24, 2.45) is 11.7 Å². The Kier molecular flexibility index (Phi) is 7.07. The Hall–Kier alpha value is -4.87. The van der Waals surface area contributed by atoms with E-state index in [0.717, 1.165) is 50.9 Å². The number of aromatic amines is 2. The molecule has 0 radical (unpaired) electrons. The minimum absolute atomic E-state index is 0.0857. The number of nitrogens with two attached hydrogens (primary N) is 1. The monoisotopic (exact) mass is 596 g/mol. The molecule has 0 aliphatic rings. The van der Waals surface area contributed by atoms with Gasteiger partial charge in [-0.15, -0.1) is 0 Å². The lowest BCUT2D eigenvalue weighted by molar-refractivity contribution is -0.118. The first-order valence-corrected chi connectivity index (χ1v) is 15.6. The molecule has 11 heteroatoms. The Morgan fingerprint density at radius 3 is 2.51 bits per heavy atom. The fourth-order valence-corrected chi connectivity index (χ4v) is 5.70. The molecule has 0 saturated carbocycles. The van der Waals surface area contributed by atoms with Gasteiger partial charge in [-0.25, -0.2) is 12.8 Å². The van der Waals surface area contributed by atoms with Crippen LogP contribution in [0.1, 0.15) is 24.8 Å². The van der Waals surface area contributed by atoms with Crippen molar-refractivity contribution in [1.29, 1.82) is 0 Å². The van der Waals surface area contributed by atoms with Crippen molar-refractivity contribution in [2.75, 3.05) is 11.6 Å². The Balaban J connectivity index is 1.41. The first kappa shape index (κ1) is 28.3. The van der Waals surface area contributed by atoms with Crippen molar-refractivity contribution in [3.05, 3.63) is 90.5 Å². The average molecular weight is 597 g/mol. The van der Waals surface area contributed by atoms with Gasteiger partial charge in [-0.05, 0) is 70.8 Å². The second-order valence-electron chi connectivity index (χ2n) is 10.9. The van der Waals surface area contributed by atoms with E-state index < -0.39 is 21.0 Å². The normalized spacial score (nSPS) is 12.7. The van der Waals surface area contributed by atoms with E-state index in [4.69, 9.17) is 5.73 Å². The van der Waals surface area contributed by atoms with Crippen molar-refractivity contribution in [2.45, 2.75) is 19.2 Å². The third kappa shape index (κ3) is 5.52. The van der Waals surface area contributed by atoms with Gasteiger partial charge in [-0.1, -0.05) is 32.0 Å².